The third-order valence-corrected chi connectivity index (χ3v) is 6.23. The zero-order chi connectivity index (χ0) is 20.5. The van der Waals surface area contributed by atoms with E-state index in [1.54, 1.807) is 11.6 Å². The highest BCUT2D eigenvalue weighted by Gasteiger charge is 2.26. The highest BCUT2D eigenvalue weighted by Crippen LogP contribution is 2.30. The number of morpholine rings is 1. The first-order valence-electron chi connectivity index (χ1n) is 10.7. The fourth-order valence-electron chi connectivity index (χ4n) is 4.56. The van der Waals surface area contributed by atoms with Crippen LogP contribution < -0.4 is 10.5 Å². The average Bonchev–Trinajstić information content (AvgIpc) is 3.25. The summed E-state index contributed by atoms with van der Waals surface area (Å²) in [5.74, 6) is 2.19. The molecule has 0 bridgehead atoms. The van der Waals surface area contributed by atoms with E-state index in [-0.39, 0.29) is 0 Å². The van der Waals surface area contributed by atoms with Crippen molar-refractivity contribution in [2.24, 2.45) is 0 Å². The fraction of sp³-hybridized carbons (Fsp3) is 0.571. The lowest BCUT2D eigenvalue weighted by Gasteiger charge is -2.34. The van der Waals surface area contributed by atoms with Crippen molar-refractivity contribution in [1.82, 2.24) is 29.4 Å². The summed E-state index contributed by atoms with van der Waals surface area (Å²) in [6.45, 7) is 8.06. The number of hydrogen-bond acceptors (Lipinski definition) is 8. The molecule has 0 spiro atoms. The Kier molecular flexibility index (Phi) is 5.41. The van der Waals surface area contributed by atoms with Crippen molar-refractivity contribution in [1.29, 1.82) is 0 Å². The van der Waals surface area contributed by atoms with Crippen LogP contribution in [0.1, 0.15) is 24.6 Å². The van der Waals surface area contributed by atoms with Gasteiger partial charge in [-0.1, -0.05) is 6.07 Å². The SMILES string of the molecule is COc1cccc2c1nc(N)n1nc([C@@H]3CCCN(CCN4CCOCC4)C3)nc21. The van der Waals surface area contributed by atoms with Crippen molar-refractivity contribution in [3.05, 3.63) is 24.0 Å². The second kappa shape index (κ2) is 8.33. The van der Waals surface area contributed by atoms with Gasteiger partial charge in [-0.25, -0.2) is 9.97 Å². The fourth-order valence-corrected chi connectivity index (χ4v) is 4.56. The molecule has 5 rings (SSSR count). The van der Waals surface area contributed by atoms with E-state index in [9.17, 15) is 0 Å². The van der Waals surface area contributed by atoms with Crippen molar-refractivity contribution in [2.45, 2.75) is 18.8 Å². The van der Waals surface area contributed by atoms with Gasteiger partial charge in [-0.15, -0.1) is 5.10 Å². The number of nitrogen functional groups attached to an aromatic ring is 1. The number of ether oxygens (including phenoxy) is 2. The Balaban J connectivity index is 1.37. The van der Waals surface area contributed by atoms with Gasteiger partial charge >= 0.3 is 0 Å². The van der Waals surface area contributed by atoms with Crippen LogP contribution in [0.25, 0.3) is 16.6 Å². The lowest BCUT2D eigenvalue weighted by molar-refractivity contribution is 0.0318. The first-order valence-corrected chi connectivity index (χ1v) is 10.7. The summed E-state index contributed by atoms with van der Waals surface area (Å²) in [4.78, 5) is 14.5. The molecule has 4 heterocycles. The van der Waals surface area contributed by atoms with Crippen LogP contribution in [-0.4, -0.2) is 89.0 Å². The number of nitrogens with two attached hydrogens (primary N) is 1. The Bertz CT molecular complexity index is 1030. The summed E-state index contributed by atoms with van der Waals surface area (Å²) in [5, 5.41) is 5.65. The predicted molar refractivity (Wildman–Crippen MR) is 115 cm³/mol. The molecule has 2 aromatic heterocycles. The molecular weight excluding hydrogens is 382 g/mol. The molecule has 0 aliphatic carbocycles. The van der Waals surface area contributed by atoms with Gasteiger partial charge in [0.05, 0.1) is 20.3 Å². The molecule has 2 N–H and O–H groups in total. The van der Waals surface area contributed by atoms with Crippen LogP contribution in [-0.2, 0) is 4.74 Å². The molecule has 9 heteroatoms. The van der Waals surface area contributed by atoms with E-state index in [0.29, 0.717) is 17.6 Å². The third-order valence-electron chi connectivity index (χ3n) is 6.23. The van der Waals surface area contributed by atoms with Gasteiger partial charge in [0.25, 0.3) is 0 Å². The molecule has 0 unspecified atom stereocenters. The summed E-state index contributed by atoms with van der Waals surface area (Å²) in [6, 6.07) is 5.82. The maximum atomic E-state index is 6.21. The molecule has 1 aromatic carbocycles. The molecule has 1 atom stereocenters. The molecular formula is C21H29N7O2. The average molecular weight is 412 g/mol. The summed E-state index contributed by atoms with van der Waals surface area (Å²) in [5.41, 5.74) is 7.68. The first kappa shape index (κ1) is 19.5. The minimum atomic E-state index is 0.309. The third kappa shape index (κ3) is 3.68. The van der Waals surface area contributed by atoms with Crippen LogP contribution in [0.5, 0.6) is 5.75 Å². The molecule has 0 saturated carbocycles. The number of aromatic nitrogens is 4. The highest BCUT2D eigenvalue weighted by molar-refractivity contribution is 5.95. The van der Waals surface area contributed by atoms with Gasteiger partial charge in [-0.05, 0) is 31.5 Å². The van der Waals surface area contributed by atoms with Crippen molar-refractivity contribution in [2.75, 3.05) is 65.3 Å². The van der Waals surface area contributed by atoms with Gasteiger partial charge in [0.1, 0.15) is 11.3 Å². The van der Waals surface area contributed by atoms with E-state index in [1.807, 2.05) is 18.2 Å². The van der Waals surface area contributed by atoms with Crippen molar-refractivity contribution in [3.63, 3.8) is 0 Å². The Morgan fingerprint density at radius 1 is 1.13 bits per heavy atom. The van der Waals surface area contributed by atoms with Crippen LogP contribution in [0.15, 0.2) is 18.2 Å². The van der Waals surface area contributed by atoms with Crippen LogP contribution in [0.3, 0.4) is 0 Å². The Morgan fingerprint density at radius 3 is 2.80 bits per heavy atom. The number of methoxy groups -OCH3 is 1. The van der Waals surface area contributed by atoms with E-state index < -0.39 is 0 Å². The van der Waals surface area contributed by atoms with Gasteiger partial charge in [0.15, 0.2) is 11.5 Å². The Hall–Kier alpha value is -2.49. The van der Waals surface area contributed by atoms with Crippen LogP contribution in [0, 0.1) is 0 Å². The van der Waals surface area contributed by atoms with E-state index in [4.69, 9.17) is 25.3 Å². The molecule has 0 amide bonds. The molecule has 3 aromatic rings. The normalized spacial score (nSPS) is 21.4. The van der Waals surface area contributed by atoms with Gasteiger partial charge in [0, 0.05) is 44.0 Å². The van der Waals surface area contributed by atoms with E-state index in [2.05, 4.69) is 14.8 Å². The van der Waals surface area contributed by atoms with E-state index >= 15 is 0 Å². The summed E-state index contributed by atoms with van der Waals surface area (Å²) in [6.07, 6.45) is 2.26. The quantitative estimate of drug-likeness (QED) is 0.673. The predicted octanol–water partition coefficient (Wildman–Crippen LogP) is 1.38. The Morgan fingerprint density at radius 2 is 1.97 bits per heavy atom. The number of anilines is 1. The summed E-state index contributed by atoms with van der Waals surface area (Å²) in [7, 11) is 1.64. The standard InChI is InChI=1S/C21H29N7O2/c1-29-17-6-2-5-16-18(17)23-21(22)28-20(16)24-19(25-28)15-4-3-7-27(14-15)9-8-26-10-12-30-13-11-26/h2,5-6,15H,3-4,7-14H2,1H3,(H2,22,23)/t15-/m1/s1. The van der Waals surface area contributed by atoms with Gasteiger partial charge in [0.2, 0.25) is 5.95 Å². The second-order valence-electron chi connectivity index (χ2n) is 8.13. The van der Waals surface area contributed by atoms with Crippen molar-refractivity contribution in [3.8, 4) is 5.75 Å². The maximum Gasteiger partial charge on any atom is 0.223 e. The monoisotopic (exact) mass is 411 g/mol. The van der Waals surface area contributed by atoms with Crippen molar-refractivity contribution >= 4 is 22.5 Å². The van der Waals surface area contributed by atoms with Crippen LogP contribution >= 0.6 is 0 Å². The molecule has 0 radical (unpaired) electrons. The second-order valence-corrected chi connectivity index (χ2v) is 8.13. The maximum absolute atomic E-state index is 6.21. The number of fused-ring (bicyclic) bond motifs is 3. The number of hydrogen-bond donors (Lipinski definition) is 1. The minimum Gasteiger partial charge on any atom is -0.494 e. The molecule has 2 aliphatic rings. The lowest BCUT2D eigenvalue weighted by atomic mass is 9.97. The van der Waals surface area contributed by atoms with Crippen LogP contribution in [0.4, 0.5) is 5.95 Å². The minimum absolute atomic E-state index is 0.309. The number of likely N-dealkylation sites (tertiary alicyclic amines) is 1. The van der Waals surface area contributed by atoms with Gasteiger partial charge in [-0.2, -0.15) is 4.52 Å². The highest BCUT2D eigenvalue weighted by atomic mass is 16.5. The number of benzene rings is 1. The lowest BCUT2D eigenvalue weighted by Crippen LogP contribution is -2.43. The first-order chi connectivity index (χ1) is 14.7. The smallest absolute Gasteiger partial charge is 0.223 e. The molecule has 2 fully saturated rings. The van der Waals surface area contributed by atoms with Crippen molar-refractivity contribution < 1.29 is 9.47 Å². The molecule has 160 valence electrons. The number of piperidine rings is 1. The molecule has 9 nitrogen and oxygen atoms in total. The van der Waals surface area contributed by atoms with Crippen LogP contribution in [0.2, 0.25) is 0 Å². The summed E-state index contributed by atoms with van der Waals surface area (Å²) < 4.78 is 12.6. The molecule has 30 heavy (non-hydrogen) atoms. The zero-order valence-corrected chi connectivity index (χ0v) is 17.5. The summed E-state index contributed by atoms with van der Waals surface area (Å²) >= 11 is 0. The molecule has 2 aliphatic heterocycles. The number of nitrogens with zero attached hydrogens (tertiary/aromatic N) is 6. The van der Waals surface area contributed by atoms with E-state index in [1.165, 1.54) is 0 Å². The topological polar surface area (TPSA) is 94.0 Å². The number of para-hydroxylation sites is 1. The largest absolute Gasteiger partial charge is 0.494 e. The van der Waals surface area contributed by atoms with E-state index in [0.717, 1.165) is 87.7 Å². The Labute approximate surface area is 175 Å². The molecule has 2 saturated heterocycles. The zero-order valence-electron chi connectivity index (χ0n) is 17.5. The van der Waals surface area contributed by atoms with Gasteiger partial charge < -0.3 is 20.1 Å². The van der Waals surface area contributed by atoms with Gasteiger partial charge in [-0.3, -0.25) is 4.90 Å². The number of rotatable bonds is 5.